The molecule has 0 aliphatic heterocycles. The summed E-state index contributed by atoms with van der Waals surface area (Å²) < 4.78 is 52.1. The van der Waals surface area contributed by atoms with Gasteiger partial charge in [0.05, 0.1) is 11.6 Å². The molecule has 4 aromatic rings. The fourth-order valence-electron chi connectivity index (χ4n) is 4.01. The van der Waals surface area contributed by atoms with Crippen molar-refractivity contribution in [3.8, 4) is 0 Å². The number of benzene rings is 2. The summed E-state index contributed by atoms with van der Waals surface area (Å²) in [7, 11) is 0. The molecule has 8 heteroatoms. The van der Waals surface area contributed by atoms with Crippen LogP contribution in [0.2, 0.25) is 0 Å². The second-order valence-corrected chi connectivity index (χ2v) is 7.71. The molecule has 2 N–H and O–H groups in total. The third kappa shape index (κ3) is 4.08. The van der Waals surface area contributed by atoms with E-state index < -0.39 is 11.9 Å². The fourth-order valence-corrected chi connectivity index (χ4v) is 4.01. The lowest BCUT2D eigenvalue weighted by Gasteiger charge is -2.15. The molecule has 1 atom stereocenters. The number of nitrogens with zero attached hydrogens (tertiary/aromatic N) is 2. The first kappa shape index (κ1) is 20.2. The molecule has 32 heavy (non-hydrogen) atoms. The maximum absolute atomic E-state index is 13.4. The van der Waals surface area contributed by atoms with Crippen LogP contribution in [0.3, 0.4) is 0 Å². The van der Waals surface area contributed by atoms with E-state index in [0.29, 0.717) is 11.5 Å². The summed E-state index contributed by atoms with van der Waals surface area (Å²) in [4.78, 5) is 8.28. The van der Waals surface area contributed by atoms with Crippen molar-refractivity contribution < 1.29 is 17.6 Å². The SMILES string of the molecule is Fc1ccc2c(c1)CCC2Nc1ccc2cc(Nc3cccc(C(F)(F)F)n3)ccc2n1. The predicted molar refractivity (Wildman–Crippen MR) is 115 cm³/mol. The van der Waals surface area contributed by atoms with Gasteiger partial charge in [-0.15, -0.1) is 0 Å². The number of hydrogen-bond donors (Lipinski definition) is 2. The Morgan fingerprint density at radius 2 is 1.75 bits per heavy atom. The van der Waals surface area contributed by atoms with Crippen molar-refractivity contribution in [1.29, 1.82) is 0 Å². The van der Waals surface area contributed by atoms with Crippen LogP contribution in [0.25, 0.3) is 10.9 Å². The minimum atomic E-state index is -4.50. The predicted octanol–water partition coefficient (Wildman–Crippen LogP) is 6.63. The standard InChI is InChI=1S/C24H18F4N4/c25-16-6-8-18-14(12-16)4-9-20(18)31-23-11-5-15-13-17(7-10-19(15)30-23)29-22-3-1-2-21(32-22)24(26,27)28/h1-3,5-8,10-13,20H,4,9H2,(H,29,32)(H,30,31). The molecule has 0 fully saturated rings. The summed E-state index contributed by atoms with van der Waals surface area (Å²) in [6, 6.07) is 17.8. The van der Waals surface area contributed by atoms with E-state index in [1.807, 2.05) is 24.3 Å². The highest BCUT2D eigenvalue weighted by molar-refractivity contribution is 5.84. The van der Waals surface area contributed by atoms with Crippen LogP contribution in [-0.4, -0.2) is 9.97 Å². The van der Waals surface area contributed by atoms with Crippen molar-refractivity contribution >= 4 is 28.2 Å². The molecule has 0 bridgehead atoms. The van der Waals surface area contributed by atoms with Crippen LogP contribution in [0.15, 0.2) is 66.7 Å². The van der Waals surface area contributed by atoms with Crippen molar-refractivity contribution in [3.05, 3.63) is 89.4 Å². The fraction of sp³-hybridized carbons (Fsp3) is 0.167. The van der Waals surface area contributed by atoms with E-state index in [2.05, 4.69) is 20.6 Å². The Hall–Kier alpha value is -3.68. The van der Waals surface area contributed by atoms with Gasteiger partial charge in [0, 0.05) is 11.1 Å². The molecule has 4 nitrogen and oxygen atoms in total. The van der Waals surface area contributed by atoms with Crippen LogP contribution in [0.4, 0.5) is 34.9 Å². The minimum Gasteiger partial charge on any atom is -0.363 e. The minimum absolute atomic E-state index is 0.0727. The Morgan fingerprint density at radius 3 is 2.59 bits per heavy atom. The first-order valence-electron chi connectivity index (χ1n) is 10.1. The number of rotatable bonds is 4. The number of nitrogens with one attached hydrogen (secondary N) is 2. The molecule has 2 aromatic carbocycles. The number of aryl methyl sites for hydroxylation is 1. The zero-order valence-corrected chi connectivity index (χ0v) is 16.7. The summed E-state index contributed by atoms with van der Waals surface area (Å²) in [6.45, 7) is 0. The Kier molecular flexibility index (Phi) is 4.92. The Bertz CT molecular complexity index is 1300. The van der Waals surface area contributed by atoms with Crippen LogP contribution in [0.5, 0.6) is 0 Å². The lowest BCUT2D eigenvalue weighted by atomic mass is 10.1. The molecule has 2 heterocycles. The maximum Gasteiger partial charge on any atom is 0.433 e. The quantitative estimate of drug-likeness (QED) is 0.351. The van der Waals surface area contributed by atoms with Gasteiger partial charge in [-0.2, -0.15) is 13.2 Å². The third-order valence-electron chi connectivity index (χ3n) is 5.51. The first-order chi connectivity index (χ1) is 15.3. The van der Waals surface area contributed by atoms with Crippen LogP contribution in [0, 0.1) is 5.82 Å². The highest BCUT2D eigenvalue weighted by Crippen LogP contribution is 2.34. The second kappa shape index (κ2) is 7.78. The van der Waals surface area contributed by atoms with Gasteiger partial charge in [-0.1, -0.05) is 12.1 Å². The van der Waals surface area contributed by atoms with E-state index in [0.717, 1.165) is 40.9 Å². The molecule has 0 amide bonds. The molecule has 0 radical (unpaired) electrons. The van der Waals surface area contributed by atoms with Gasteiger partial charge in [-0.05, 0) is 78.6 Å². The van der Waals surface area contributed by atoms with Crippen molar-refractivity contribution in [2.24, 2.45) is 0 Å². The van der Waals surface area contributed by atoms with Gasteiger partial charge < -0.3 is 10.6 Å². The number of hydrogen-bond acceptors (Lipinski definition) is 4. The Balaban J connectivity index is 1.34. The number of aromatic nitrogens is 2. The molecule has 2 aromatic heterocycles. The van der Waals surface area contributed by atoms with Gasteiger partial charge in [0.2, 0.25) is 0 Å². The molecule has 162 valence electrons. The van der Waals surface area contributed by atoms with Crippen LogP contribution < -0.4 is 10.6 Å². The van der Waals surface area contributed by atoms with Crippen LogP contribution >= 0.6 is 0 Å². The van der Waals surface area contributed by atoms with E-state index in [-0.39, 0.29) is 17.7 Å². The molecular formula is C24H18F4N4. The summed E-state index contributed by atoms with van der Waals surface area (Å²) in [5.41, 5.74) is 2.51. The normalized spacial score (nSPS) is 15.6. The molecule has 1 unspecified atom stereocenters. The van der Waals surface area contributed by atoms with E-state index in [9.17, 15) is 17.6 Å². The van der Waals surface area contributed by atoms with Crippen LogP contribution in [-0.2, 0) is 12.6 Å². The average molecular weight is 438 g/mol. The first-order valence-corrected chi connectivity index (χ1v) is 10.1. The topological polar surface area (TPSA) is 49.8 Å². The molecule has 0 saturated carbocycles. The monoisotopic (exact) mass is 438 g/mol. The average Bonchev–Trinajstić information content (AvgIpc) is 3.15. The highest BCUT2D eigenvalue weighted by Gasteiger charge is 2.32. The van der Waals surface area contributed by atoms with E-state index in [1.54, 1.807) is 18.2 Å². The molecule has 0 spiro atoms. The smallest absolute Gasteiger partial charge is 0.363 e. The largest absolute Gasteiger partial charge is 0.433 e. The highest BCUT2D eigenvalue weighted by atomic mass is 19.4. The van der Waals surface area contributed by atoms with Crippen molar-refractivity contribution in [1.82, 2.24) is 9.97 Å². The third-order valence-corrected chi connectivity index (χ3v) is 5.51. The molecule has 1 aliphatic carbocycles. The summed E-state index contributed by atoms with van der Waals surface area (Å²) in [5.74, 6) is 0.597. The van der Waals surface area contributed by atoms with E-state index >= 15 is 0 Å². The van der Waals surface area contributed by atoms with Crippen molar-refractivity contribution in [3.63, 3.8) is 0 Å². The van der Waals surface area contributed by atoms with Gasteiger partial charge in [0.25, 0.3) is 0 Å². The summed E-state index contributed by atoms with van der Waals surface area (Å²) >= 11 is 0. The van der Waals surface area contributed by atoms with Gasteiger partial charge >= 0.3 is 6.18 Å². The zero-order valence-electron chi connectivity index (χ0n) is 16.7. The zero-order chi connectivity index (χ0) is 22.3. The molecule has 0 saturated heterocycles. The second-order valence-electron chi connectivity index (χ2n) is 7.71. The van der Waals surface area contributed by atoms with Crippen molar-refractivity contribution in [2.45, 2.75) is 25.1 Å². The molecular weight excluding hydrogens is 420 g/mol. The van der Waals surface area contributed by atoms with Gasteiger partial charge in [-0.3, -0.25) is 0 Å². The van der Waals surface area contributed by atoms with Gasteiger partial charge in [0.15, 0.2) is 0 Å². The molecule has 5 rings (SSSR count). The maximum atomic E-state index is 13.4. The number of alkyl halides is 3. The Morgan fingerprint density at radius 1 is 0.875 bits per heavy atom. The number of anilines is 3. The van der Waals surface area contributed by atoms with Crippen LogP contribution in [0.1, 0.15) is 29.3 Å². The van der Waals surface area contributed by atoms with Gasteiger partial charge in [-0.25, -0.2) is 14.4 Å². The summed E-state index contributed by atoms with van der Waals surface area (Å²) in [6.07, 6.45) is -2.81. The van der Waals surface area contributed by atoms with E-state index in [4.69, 9.17) is 0 Å². The Labute approximate surface area is 181 Å². The van der Waals surface area contributed by atoms with Crippen molar-refractivity contribution in [2.75, 3.05) is 10.6 Å². The summed E-state index contributed by atoms with van der Waals surface area (Å²) in [5, 5.41) is 7.16. The molecule has 1 aliphatic rings. The number of pyridine rings is 2. The lowest BCUT2D eigenvalue weighted by molar-refractivity contribution is -0.141. The number of halogens is 4. The number of fused-ring (bicyclic) bond motifs is 2. The lowest BCUT2D eigenvalue weighted by Crippen LogP contribution is -2.09. The van der Waals surface area contributed by atoms with E-state index in [1.165, 1.54) is 18.2 Å². The van der Waals surface area contributed by atoms with Gasteiger partial charge in [0.1, 0.15) is 23.1 Å².